The van der Waals surface area contributed by atoms with Gasteiger partial charge in [-0.25, -0.2) is 0 Å². The predicted molar refractivity (Wildman–Crippen MR) is 68.0 cm³/mol. The minimum Gasteiger partial charge on any atom is -0.480 e. The summed E-state index contributed by atoms with van der Waals surface area (Å²) in [4.78, 5) is 44.9. The van der Waals surface area contributed by atoms with E-state index in [-0.39, 0.29) is 75.0 Å². The number of carboxylic acids is 4. The van der Waals surface area contributed by atoms with Gasteiger partial charge in [-0.05, 0) is 6.92 Å². The Morgan fingerprint density at radius 1 is 0.783 bits per heavy atom. The Bertz CT molecular complexity index is 391. The summed E-state index contributed by atoms with van der Waals surface area (Å²) in [5.74, 6) is -4.92. The molecule has 1 unspecified atom stereocenters. The van der Waals surface area contributed by atoms with Crippen LogP contribution in [0.3, 0.4) is 0 Å². The molecule has 0 aromatic heterocycles. The van der Waals surface area contributed by atoms with Crippen LogP contribution in [0.25, 0.3) is 0 Å². The van der Waals surface area contributed by atoms with E-state index in [1.54, 1.807) is 0 Å². The Morgan fingerprint density at radius 3 is 1.35 bits per heavy atom. The molecule has 0 heterocycles. The van der Waals surface area contributed by atoms with Crippen molar-refractivity contribution in [2.45, 2.75) is 13.0 Å². The molecule has 0 aliphatic carbocycles. The number of nitrogens with zero attached hydrogens (tertiary/aromatic N) is 2. The third-order valence-corrected chi connectivity index (χ3v) is 2.54. The van der Waals surface area contributed by atoms with Gasteiger partial charge in [0.05, 0.1) is 26.2 Å². The number of rotatable bonds is 11. The normalized spacial score (nSPS) is 11.3. The van der Waals surface area contributed by atoms with Gasteiger partial charge in [-0.1, -0.05) is 0 Å². The molecule has 0 amide bonds. The number of carboxylic acid groups (broad SMARTS) is 4. The molecule has 10 nitrogen and oxygen atoms in total. The summed E-state index contributed by atoms with van der Waals surface area (Å²) < 4.78 is 0. The molecule has 0 saturated heterocycles. The fraction of sp³-hybridized carbons (Fsp3) is 0.636. The van der Waals surface area contributed by atoms with Gasteiger partial charge >= 0.3 is 75.3 Å². The molecule has 0 aromatic rings. The second-order valence-electron chi connectivity index (χ2n) is 4.50. The van der Waals surface area contributed by atoms with Crippen LogP contribution in [0.15, 0.2) is 0 Å². The topological polar surface area (TPSA) is 156 Å². The van der Waals surface area contributed by atoms with Crippen LogP contribution in [0, 0.1) is 0 Å². The molecular formula is C11H18FeKN2O8+. The Morgan fingerprint density at radius 2 is 1.09 bits per heavy atom. The quantitative estimate of drug-likeness (QED) is 0.248. The van der Waals surface area contributed by atoms with E-state index in [1.807, 2.05) is 0 Å². The summed E-state index contributed by atoms with van der Waals surface area (Å²) in [6.45, 7) is -0.736. The van der Waals surface area contributed by atoms with E-state index in [0.717, 1.165) is 9.80 Å². The maximum absolute atomic E-state index is 10.7. The van der Waals surface area contributed by atoms with E-state index in [2.05, 4.69) is 0 Å². The van der Waals surface area contributed by atoms with Crippen molar-refractivity contribution in [3.05, 3.63) is 0 Å². The van der Waals surface area contributed by atoms with Gasteiger partial charge in [-0.2, -0.15) is 0 Å². The van der Waals surface area contributed by atoms with Crippen molar-refractivity contribution in [1.29, 1.82) is 0 Å². The summed E-state index contributed by atoms with van der Waals surface area (Å²) in [5, 5.41) is 34.9. The number of carbonyl (C=O) groups is 4. The predicted octanol–water partition coefficient (Wildman–Crippen LogP) is -4.68. The van der Waals surface area contributed by atoms with Gasteiger partial charge in [-0.15, -0.1) is 0 Å². The van der Waals surface area contributed by atoms with Gasteiger partial charge in [0.15, 0.2) is 0 Å². The zero-order chi connectivity index (χ0) is 16.6. The molecule has 0 fully saturated rings. The average molecular weight is 401 g/mol. The van der Waals surface area contributed by atoms with Crippen molar-refractivity contribution in [1.82, 2.24) is 9.80 Å². The number of hydrogen-bond donors (Lipinski definition) is 4. The standard InChI is InChI=1S/C11H18N2O8.Fe.K/c1-7(13(5-10(18)19)6-11(20)21)2-12(3-8(14)15)4-9(16)17;;/h7H,2-6H2,1H3,(H,14,15)(H,16,17)(H,18,19)(H,20,21);;/q;;+1. The van der Waals surface area contributed by atoms with E-state index in [1.165, 1.54) is 6.92 Å². The molecule has 23 heavy (non-hydrogen) atoms. The van der Waals surface area contributed by atoms with E-state index in [0.29, 0.717) is 0 Å². The molecule has 0 saturated carbocycles. The molecule has 128 valence electrons. The van der Waals surface area contributed by atoms with Gasteiger partial charge in [-0.3, -0.25) is 29.0 Å². The Balaban J connectivity index is -0.00000200. The van der Waals surface area contributed by atoms with Gasteiger partial charge in [0, 0.05) is 29.7 Å². The molecule has 0 radical (unpaired) electrons. The minimum atomic E-state index is -1.23. The number of hydrogen-bond acceptors (Lipinski definition) is 6. The fourth-order valence-corrected chi connectivity index (χ4v) is 1.77. The molecule has 1 atom stereocenters. The molecule has 0 rings (SSSR count). The Kier molecular flexibility index (Phi) is 17.3. The van der Waals surface area contributed by atoms with Crippen LogP contribution in [0.4, 0.5) is 0 Å². The molecule has 12 heteroatoms. The van der Waals surface area contributed by atoms with Crippen molar-refractivity contribution >= 4 is 23.9 Å². The largest absolute Gasteiger partial charge is 1.00 e. The summed E-state index contributed by atoms with van der Waals surface area (Å²) in [6, 6.07) is -0.643. The summed E-state index contributed by atoms with van der Waals surface area (Å²) in [5.41, 5.74) is 0. The van der Waals surface area contributed by atoms with Crippen molar-refractivity contribution in [3.8, 4) is 0 Å². The summed E-state index contributed by atoms with van der Waals surface area (Å²) >= 11 is 0. The smallest absolute Gasteiger partial charge is 0.480 e. The third-order valence-electron chi connectivity index (χ3n) is 2.54. The van der Waals surface area contributed by atoms with E-state index >= 15 is 0 Å². The first-order chi connectivity index (χ1) is 9.61. The second kappa shape index (κ2) is 14.3. The van der Waals surface area contributed by atoms with Crippen molar-refractivity contribution in [2.75, 3.05) is 32.7 Å². The van der Waals surface area contributed by atoms with E-state index in [9.17, 15) is 19.2 Å². The zero-order valence-corrected chi connectivity index (χ0v) is 17.0. The van der Waals surface area contributed by atoms with Gasteiger partial charge in [0.2, 0.25) is 0 Å². The molecule has 4 N–H and O–H groups in total. The van der Waals surface area contributed by atoms with E-state index in [4.69, 9.17) is 20.4 Å². The SMILES string of the molecule is CC(CN(CC(=O)O)CC(=O)O)N(CC(=O)O)CC(=O)O.[Fe].[K+]. The molecule has 0 aromatic carbocycles. The van der Waals surface area contributed by atoms with Crippen LogP contribution in [-0.4, -0.2) is 92.9 Å². The first-order valence-corrected chi connectivity index (χ1v) is 5.95. The van der Waals surface area contributed by atoms with Crippen LogP contribution >= 0.6 is 0 Å². The van der Waals surface area contributed by atoms with Crippen molar-refractivity contribution < 1.29 is 108 Å². The summed E-state index contributed by atoms with van der Waals surface area (Å²) in [6.07, 6.45) is 0. The number of aliphatic carboxylic acids is 4. The molecular weight excluding hydrogens is 383 g/mol. The second-order valence-corrected chi connectivity index (χ2v) is 4.50. The minimum absolute atomic E-state index is 0. The first kappa shape index (κ1) is 27.8. The van der Waals surface area contributed by atoms with Crippen molar-refractivity contribution in [2.24, 2.45) is 0 Å². The third kappa shape index (κ3) is 15.2. The van der Waals surface area contributed by atoms with Crippen LogP contribution in [-0.2, 0) is 36.2 Å². The Labute approximate surface area is 185 Å². The van der Waals surface area contributed by atoms with Gasteiger partial charge in [0.25, 0.3) is 0 Å². The molecule has 0 spiro atoms. The zero-order valence-electron chi connectivity index (χ0n) is 12.8. The molecule has 0 aliphatic rings. The maximum Gasteiger partial charge on any atom is 1.00 e. The maximum atomic E-state index is 10.7. The van der Waals surface area contributed by atoms with Crippen molar-refractivity contribution in [3.63, 3.8) is 0 Å². The summed E-state index contributed by atoms with van der Waals surface area (Å²) in [7, 11) is 0. The van der Waals surface area contributed by atoms with Crippen LogP contribution < -0.4 is 51.4 Å². The fourth-order valence-electron chi connectivity index (χ4n) is 1.77. The first-order valence-electron chi connectivity index (χ1n) is 5.95. The molecule has 0 aliphatic heterocycles. The van der Waals surface area contributed by atoms with E-state index < -0.39 is 56.1 Å². The average Bonchev–Trinajstić information content (AvgIpc) is 2.24. The Hall–Kier alpha value is -0.0442. The van der Waals surface area contributed by atoms with Crippen LogP contribution in [0.2, 0.25) is 0 Å². The van der Waals surface area contributed by atoms with Crippen LogP contribution in [0.1, 0.15) is 6.92 Å². The molecule has 0 bridgehead atoms. The monoisotopic (exact) mass is 401 g/mol. The van der Waals surface area contributed by atoms with Gasteiger partial charge < -0.3 is 20.4 Å². The van der Waals surface area contributed by atoms with Gasteiger partial charge in [0.1, 0.15) is 0 Å². The van der Waals surface area contributed by atoms with Crippen LogP contribution in [0.5, 0.6) is 0 Å².